The zero-order valence-corrected chi connectivity index (χ0v) is 6.99. The first-order chi connectivity index (χ1) is 6.11. The van der Waals surface area contributed by atoms with E-state index >= 15 is 0 Å². The van der Waals surface area contributed by atoms with Crippen LogP contribution >= 0.6 is 0 Å². The van der Waals surface area contributed by atoms with Crippen LogP contribution in [0.3, 0.4) is 0 Å². The topological polar surface area (TPSA) is 86.7 Å². The molecule has 0 radical (unpaired) electrons. The highest BCUT2D eigenvalue weighted by Crippen LogP contribution is 2.45. The largest absolute Gasteiger partial charge is 0.504 e. The Hall–Kier alpha value is -1.42. The van der Waals surface area contributed by atoms with Crippen LogP contribution in [-0.2, 0) is 6.42 Å². The van der Waals surface area contributed by atoms with Gasteiger partial charge in [0.25, 0.3) is 0 Å². The fraction of sp³-hybridized carbons (Fsp3) is 0.333. The lowest BCUT2D eigenvalue weighted by atomic mass is 10.1. The minimum Gasteiger partial charge on any atom is -0.504 e. The first kappa shape index (κ1) is 8.19. The molecule has 0 aromatic heterocycles. The molecule has 4 heteroatoms. The Morgan fingerprint density at radius 1 is 1.23 bits per heavy atom. The van der Waals surface area contributed by atoms with E-state index in [0.29, 0.717) is 5.56 Å². The summed E-state index contributed by atoms with van der Waals surface area (Å²) in [4.78, 5) is 0. The highest BCUT2D eigenvalue weighted by atomic mass is 16.3. The Labute approximate surface area is 75.2 Å². The molecule has 2 rings (SSSR count). The fourth-order valence-electron chi connectivity index (χ4n) is 1.79. The van der Waals surface area contributed by atoms with E-state index in [0.717, 1.165) is 18.4 Å². The van der Waals surface area contributed by atoms with Crippen molar-refractivity contribution < 1.29 is 15.3 Å². The Balaban J connectivity index is 2.68. The molecule has 5 N–H and O–H groups in total. The fourth-order valence-corrected chi connectivity index (χ4v) is 1.79. The molecule has 1 atom stereocenters. The minimum atomic E-state index is -0.476. The third kappa shape index (κ3) is 1.02. The number of hydrogen-bond donors (Lipinski definition) is 4. The van der Waals surface area contributed by atoms with Crippen molar-refractivity contribution in [1.29, 1.82) is 0 Å². The van der Waals surface area contributed by atoms with Gasteiger partial charge in [-0.1, -0.05) is 0 Å². The van der Waals surface area contributed by atoms with Gasteiger partial charge in [0.2, 0.25) is 5.75 Å². The van der Waals surface area contributed by atoms with Crippen LogP contribution in [0.25, 0.3) is 0 Å². The molecule has 1 aliphatic rings. The molecule has 1 aliphatic carbocycles. The molecule has 0 aliphatic heterocycles. The Bertz CT molecular complexity index is 362. The van der Waals surface area contributed by atoms with Crippen molar-refractivity contribution in [2.45, 2.75) is 18.9 Å². The summed E-state index contributed by atoms with van der Waals surface area (Å²) in [6, 6.07) is 1.22. The summed E-state index contributed by atoms with van der Waals surface area (Å²) in [5.74, 6) is -1.04. The molecule has 0 spiro atoms. The van der Waals surface area contributed by atoms with Crippen molar-refractivity contribution in [3.05, 3.63) is 17.2 Å². The molecular formula is C9H11NO3. The predicted molar refractivity (Wildman–Crippen MR) is 46.7 cm³/mol. The van der Waals surface area contributed by atoms with Gasteiger partial charge in [0.1, 0.15) is 0 Å². The average Bonchev–Trinajstić information content (AvgIpc) is 2.43. The zero-order chi connectivity index (χ0) is 9.59. The predicted octanol–water partition coefficient (Wildman–Crippen LogP) is 0.749. The van der Waals surface area contributed by atoms with Crippen LogP contribution in [0.2, 0.25) is 0 Å². The third-order valence-corrected chi connectivity index (χ3v) is 2.47. The Kier molecular flexibility index (Phi) is 1.60. The second kappa shape index (κ2) is 2.53. The van der Waals surface area contributed by atoms with Gasteiger partial charge in [0, 0.05) is 11.6 Å². The van der Waals surface area contributed by atoms with Crippen LogP contribution in [0.1, 0.15) is 23.6 Å². The van der Waals surface area contributed by atoms with Crippen LogP contribution in [-0.4, -0.2) is 15.3 Å². The van der Waals surface area contributed by atoms with Crippen molar-refractivity contribution in [1.82, 2.24) is 0 Å². The Morgan fingerprint density at radius 3 is 2.62 bits per heavy atom. The van der Waals surface area contributed by atoms with E-state index in [4.69, 9.17) is 5.73 Å². The molecule has 0 bridgehead atoms. The molecule has 0 saturated heterocycles. The normalized spacial score (nSPS) is 20.2. The standard InChI is InChI=1S/C9H11NO3/c10-5-2-1-4-3-6(11)8(12)9(13)7(4)5/h3,5,11-13H,1-2,10H2/t5-/m0/s1. The highest BCUT2D eigenvalue weighted by molar-refractivity contribution is 5.59. The van der Waals surface area contributed by atoms with Gasteiger partial charge in [0.15, 0.2) is 11.5 Å². The third-order valence-electron chi connectivity index (χ3n) is 2.47. The van der Waals surface area contributed by atoms with Gasteiger partial charge in [-0.25, -0.2) is 0 Å². The first-order valence-corrected chi connectivity index (χ1v) is 4.13. The summed E-state index contributed by atoms with van der Waals surface area (Å²) in [7, 11) is 0. The van der Waals surface area contributed by atoms with E-state index in [1.54, 1.807) is 0 Å². The molecule has 1 aromatic rings. The number of aryl methyl sites for hydroxylation is 1. The highest BCUT2D eigenvalue weighted by Gasteiger charge is 2.26. The van der Waals surface area contributed by atoms with Crippen LogP contribution in [0.5, 0.6) is 17.2 Å². The number of phenolic OH excluding ortho intramolecular Hbond substituents is 3. The van der Waals surface area contributed by atoms with Gasteiger partial charge < -0.3 is 21.1 Å². The maximum absolute atomic E-state index is 9.48. The Morgan fingerprint density at radius 2 is 1.92 bits per heavy atom. The molecule has 0 fully saturated rings. The molecule has 0 unspecified atom stereocenters. The van der Waals surface area contributed by atoms with Crippen molar-refractivity contribution in [3.63, 3.8) is 0 Å². The summed E-state index contributed by atoms with van der Waals surface area (Å²) >= 11 is 0. The van der Waals surface area contributed by atoms with Crippen LogP contribution in [0.4, 0.5) is 0 Å². The number of fused-ring (bicyclic) bond motifs is 1. The summed E-state index contributed by atoms with van der Waals surface area (Å²) in [5, 5.41) is 27.9. The molecule has 70 valence electrons. The molecule has 0 saturated carbocycles. The van der Waals surface area contributed by atoms with Crippen molar-refractivity contribution in [3.8, 4) is 17.2 Å². The van der Waals surface area contributed by atoms with Crippen molar-refractivity contribution in [2.75, 3.05) is 0 Å². The van der Waals surface area contributed by atoms with E-state index < -0.39 is 5.75 Å². The first-order valence-electron chi connectivity index (χ1n) is 4.13. The van der Waals surface area contributed by atoms with Gasteiger partial charge in [-0.2, -0.15) is 0 Å². The van der Waals surface area contributed by atoms with E-state index in [2.05, 4.69) is 0 Å². The van der Waals surface area contributed by atoms with E-state index in [-0.39, 0.29) is 17.5 Å². The monoisotopic (exact) mass is 181 g/mol. The van der Waals surface area contributed by atoms with Crippen LogP contribution in [0, 0.1) is 0 Å². The minimum absolute atomic E-state index is 0.235. The number of aromatic hydroxyl groups is 3. The number of phenols is 3. The van der Waals surface area contributed by atoms with Gasteiger partial charge in [-0.15, -0.1) is 0 Å². The maximum atomic E-state index is 9.48. The lowest BCUT2D eigenvalue weighted by Crippen LogP contribution is -2.05. The summed E-state index contributed by atoms with van der Waals surface area (Å²) in [6.45, 7) is 0. The summed E-state index contributed by atoms with van der Waals surface area (Å²) in [5.41, 5.74) is 7.10. The summed E-state index contributed by atoms with van der Waals surface area (Å²) in [6.07, 6.45) is 1.48. The van der Waals surface area contributed by atoms with Crippen LogP contribution < -0.4 is 5.73 Å². The van der Waals surface area contributed by atoms with E-state index in [1.807, 2.05) is 0 Å². The van der Waals surface area contributed by atoms with Crippen molar-refractivity contribution in [2.24, 2.45) is 5.73 Å². The van der Waals surface area contributed by atoms with Gasteiger partial charge in [-0.05, 0) is 24.5 Å². The smallest absolute Gasteiger partial charge is 0.200 e. The zero-order valence-electron chi connectivity index (χ0n) is 6.99. The lowest BCUT2D eigenvalue weighted by molar-refractivity contribution is 0.364. The SMILES string of the molecule is N[C@H]1CCc2cc(O)c(O)c(O)c21. The number of nitrogens with two attached hydrogens (primary N) is 1. The van der Waals surface area contributed by atoms with Crippen LogP contribution in [0.15, 0.2) is 6.07 Å². The molecule has 1 aromatic carbocycles. The lowest BCUT2D eigenvalue weighted by Gasteiger charge is -2.09. The van der Waals surface area contributed by atoms with Gasteiger partial charge in [0.05, 0.1) is 0 Å². The number of hydrogen-bond acceptors (Lipinski definition) is 4. The second-order valence-electron chi connectivity index (χ2n) is 3.31. The summed E-state index contributed by atoms with van der Waals surface area (Å²) < 4.78 is 0. The average molecular weight is 181 g/mol. The molecular weight excluding hydrogens is 170 g/mol. The molecule has 0 heterocycles. The van der Waals surface area contributed by atoms with Crippen molar-refractivity contribution >= 4 is 0 Å². The maximum Gasteiger partial charge on any atom is 0.200 e. The molecule has 13 heavy (non-hydrogen) atoms. The number of benzene rings is 1. The quantitative estimate of drug-likeness (QED) is 0.445. The van der Waals surface area contributed by atoms with Gasteiger partial charge in [-0.3, -0.25) is 0 Å². The second-order valence-corrected chi connectivity index (χ2v) is 3.31. The van der Waals surface area contributed by atoms with E-state index in [1.165, 1.54) is 6.07 Å². The molecule has 0 amide bonds. The van der Waals surface area contributed by atoms with Gasteiger partial charge >= 0.3 is 0 Å². The van der Waals surface area contributed by atoms with E-state index in [9.17, 15) is 15.3 Å². The molecule has 4 nitrogen and oxygen atoms in total. The number of rotatable bonds is 0.